The van der Waals surface area contributed by atoms with E-state index >= 15 is 0 Å². The average Bonchev–Trinajstić information content (AvgIpc) is 2.38. The van der Waals surface area contributed by atoms with E-state index in [9.17, 15) is 13.2 Å². The maximum absolute atomic E-state index is 11.3. The molecule has 0 saturated carbocycles. The standard InChI is InChI=1S/C7H7NO3S2.Na/c1-3-4(2)12-7-5(3)6(9)8-13(7,10)11;/h1-2H3,(H,8,9);/q;+1. The number of carbonyl (C=O) groups is 1. The van der Waals surface area contributed by atoms with E-state index in [4.69, 9.17) is 0 Å². The van der Waals surface area contributed by atoms with Crippen LogP contribution in [0.15, 0.2) is 4.21 Å². The topological polar surface area (TPSA) is 63.2 Å². The first-order chi connectivity index (χ1) is 5.93. The maximum Gasteiger partial charge on any atom is 1.00 e. The minimum absolute atomic E-state index is 0. The van der Waals surface area contributed by atoms with Gasteiger partial charge in [0.25, 0.3) is 15.9 Å². The number of sulfonamides is 1. The van der Waals surface area contributed by atoms with Crippen molar-refractivity contribution in [3.8, 4) is 0 Å². The number of rotatable bonds is 0. The van der Waals surface area contributed by atoms with E-state index in [1.54, 1.807) is 13.8 Å². The molecule has 0 aromatic carbocycles. The van der Waals surface area contributed by atoms with Crippen molar-refractivity contribution in [3.63, 3.8) is 0 Å². The van der Waals surface area contributed by atoms with Gasteiger partial charge in [-0.15, -0.1) is 11.3 Å². The zero-order valence-electron chi connectivity index (χ0n) is 8.04. The first kappa shape index (κ1) is 12.2. The molecular formula is C7H7NNaO3S2+. The number of nitrogens with one attached hydrogen (secondary N) is 1. The quantitative estimate of drug-likeness (QED) is 0.524. The summed E-state index contributed by atoms with van der Waals surface area (Å²) in [4.78, 5) is 12.1. The van der Waals surface area contributed by atoms with Crippen molar-refractivity contribution in [2.24, 2.45) is 0 Å². The Kier molecular flexibility index (Phi) is 3.14. The summed E-state index contributed by atoms with van der Waals surface area (Å²) in [5.41, 5.74) is 1.08. The van der Waals surface area contributed by atoms with E-state index in [1.807, 2.05) is 4.72 Å². The summed E-state index contributed by atoms with van der Waals surface area (Å²) in [7, 11) is -3.54. The molecule has 70 valence electrons. The van der Waals surface area contributed by atoms with Crippen LogP contribution in [0.2, 0.25) is 0 Å². The van der Waals surface area contributed by atoms with Gasteiger partial charge in [-0.25, -0.2) is 13.1 Å². The third-order valence-electron chi connectivity index (χ3n) is 2.05. The van der Waals surface area contributed by atoms with Crippen molar-refractivity contribution >= 4 is 27.3 Å². The smallest absolute Gasteiger partial charge is 0.268 e. The molecule has 1 aliphatic heterocycles. The van der Waals surface area contributed by atoms with Gasteiger partial charge in [0.15, 0.2) is 4.21 Å². The number of hydrogen-bond donors (Lipinski definition) is 1. The molecule has 1 aliphatic rings. The van der Waals surface area contributed by atoms with Gasteiger partial charge in [-0.1, -0.05) is 0 Å². The number of hydrogen-bond acceptors (Lipinski definition) is 4. The Morgan fingerprint density at radius 2 is 1.86 bits per heavy atom. The second kappa shape index (κ2) is 3.61. The third-order valence-corrected chi connectivity index (χ3v) is 5.11. The Hall–Kier alpha value is 0.120. The van der Waals surface area contributed by atoms with Gasteiger partial charge in [-0.2, -0.15) is 0 Å². The summed E-state index contributed by atoms with van der Waals surface area (Å²) >= 11 is 1.14. The molecule has 0 radical (unpaired) electrons. The van der Waals surface area contributed by atoms with Gasteiger partial charge < -0.3 is 0 Å². The predicted molar refractivity (Wildman–Crippen MR) is 48.4 cm³/mol. The van der Waals surface area contributed by atoms with E-state index in [0.29, 0.717) is 5.56 Å². The number of aryl methyl sites for hydroxylation is 1. The van der Waals surface area contributed by atoms with Crippen LogP contribution in [0.1, 0.15) is 20.8 Å². The number of amides is 1. The monoisotopic (exact) mass is 240 g/mol. The van der Waals surface area contributed by atoms with Crippen LogP contribution >= 0.6 is 11.3 Å². The molecule has 0 atom stereocenters. The van der Waals surface area contributed by atoms with Crippen molar-refractivity contribution in [3.05, 3.63) is 16.0 Å². The molecule has 2 rings (SSSR count). The predicted octanol–water partition coefficient (Wildman–Crippen LogP) is -2.20. The SMILES string of the molecule is Cc1sc2c(c1C)C(=O)NS2(=O)=O.[Na+]. The van der Waals surface area contributed by atoms with Gasteiger partial charge in [-0.05, 0) is 19.4 Å². The second-order valence-electron chi connectivity index (χ2n) is 2.88. The van der Waals surface area contributed by atoms with Crippen molar-refractivity contribution < 1.29 is 42.8 Å². The van der Waals surface area contributed by atoms with E-state index < -0.39 is 15.9 Å². The van der Waals surface area contributed by atoms with Crippen LogP contribution in [0.25, 0.3) is 0 Å². The van der Waals surface area contributed by atoms with Crippen molar-refractivity contribution in [1.29, 1.82) is 0 Å². The molecule has 1 amide bonds. The minimum Gasteiger partial charge on any atom is -0.268 e. The van der Waals surface area contributed by atoms with Crippen molar-refractivity contribution in [1.82, 2.24) is 4.72 Å². The summed E-state index contributed by atoms with van der Waals surface area (Å²) in [5.74, 6) is -0.503. The molecule has 0 bridgehead atoms. The molecule has 1 aromatic heterocycles. The zero-order chi connectivity index (χ0) is 9.80. The fourth-order valence-electron chi connectivity index (χ4n) is 1.27. The summed E-state index contributed by atoms with van der Waals surface area (Å²) in [6.07, 6.45) is 0. The summed E-state index contributed by atoms with van der Waals surface area (Å²) in [6.45, 7) is 3.56. The van der Waals surface area contributed by atoms with Crippen LogP contribution in [-0.2, 0) is 10.0 Å². The largest absolute Gasteiger partial charge is 1.00 e. The Balaban J connectivity index is 0.000000980. The molecule has 1 N–H and O–H groups in total. The molecule has 7 heteroatoms. The van der Waals surface area contributed by atoms with Crippen LogP contribution in [0.4, 0.5) is 0 Å². The molecule has 2 heterocycles. The van der Waals surface area contributed by atoms with Crippen LogP contribution in [0.5, 0.6) is 0 Å². The summed E-state index contributed by atoms with van der Waals surface area (Å²) in [6, 6.07) is 0. The Morgan fingerprint density at radius 1 is 1.29 bits per heavy atom. The first-order valence-corrected chi connectivity index (χ1v) is 5.90. The summed E-state index contributed by atoms with van der Waals surface area (Å²) in [5, 5.41) is 0. The van der Waals surface area contributed by atoms with E-state index in [1.165, 1.54) is 0 Å². The van der Waals surface area contributed by atoms with Gasteiger partial charge >= 0.3 is 29.6 Å². The fraction of sp³-hybridized carbons (Fsp3) is 0.286. The van der Waals surface area contributed by atoms with Gasteiger partial charge in [0.1, 0.15) is 0 Å². The molecule has 14 heavy (non-hydrogen) atoms. The number of thiophene rings is 1. The minimum atomic E-state index is -3.54. The maximum atomic E-state index is 11.3. The second-order valence-corrected chi connectivity index (χ2v) is 5.98. The van der Waals surface area contributed by atoms with E-state index in [2.05, 4.69) is 0 Å². The van der Waals surface area contributed by atoms with Crippen molar-refractivity contribution in [2.45, 2.75) is 18.1 Å². The first-order valence-electron chi connectivity index (χ1n) is 3.60. The van der Waals surface area contributed by atoms with Gasteiger partial charge in [0, 0.05) is 4.88 Å². The molecule has 0 unspecified atom stereocenters. The van der Waals surface area contributed by atoms with Gasteiger partial charge in [0.2, 0.25) is 0 Å². The van der Waals surface area contributed by atoms with Gasteiger partial charge in [-0.3, -0.25) is 4.79 Å². The Labute approximate surface area is 108 Å². The van der Waals surface area contributed by atoms with E-state index in [0.717, 1.165) is 21.8 Å². The molecule has 0 spiro atoms. The third kappa shape index (κ3) is 1.55. The molecule has 0 fully saturated rings. The Bertz CT molecular complexity index is 503. The van der Waals surface area contributed by atoms with Crippen LogP contribution < -0.4 is 34.3 Å². The molecular weight excluding hydrogens is 233 g/mol. The number of fused-ring (bicyclic) bond motifs is 1. The molecule has 1 aromatic rings. The molecule has 4 nitrogen and oxygen atoms in total. The van der Waals surface area contributed by atoms with Crippen LogP contribution in [-0.4, -0.2) is 14.3 Å². The summed E-state index contributed by atoms with van der Waals surface area (Å²) < 4.78 is 24.7. The van der Waals surface area contributed by atoms with Crippen LogP contribution in [0, 0.1) is 13.8 Å². The average molecular weight is 240 g/mol. The normalized spacial score (nSPS) is 17.1. The molecule has 0 saturated heterocycles. The van der Waals surface area contributed by atoms with E-state index in [-0.39, 0.29) is 33.8 Å². The number of carbonyl (C=O) groups excluding carboxylic acids is 1. The zero-order valence-corrected chi connectivity index (χ0v) is 11.7. The van der Waals surface area contributed by atoms with Crippen molar-refractivity contribution in [2.75, 3.05) is 0 Å². The van der Waals surface area contributed by atoms with Gasteiger partial charge in [0.05, 0.1) is 5.56 Å². The molecule has 0 aliphatic carbocycles. The fourth-order valence-corrected chi connectivity index (χ4v) is 4.04. The Morgan fingerprint density at radius 3 is 2.36 bits per heavy atom. The van der Waals surface area contributed by atoms with Crippen LogP contribution in [0.3, 0.4) is 0 Å².